The molecule has 0 fully saturated rings. The number of amides is 1. The number of carbonyl (C=O) groups is 1. The van der Waals surface area contributed by atoms with Crippen LogP contribution in [0, 0.1) is 13.8 Å². The summed E-state index contributed by atoms with van der Waals surface area (Å²) < 4.78 is 2.95. The van der Waals surface area contributed by atoms with E-state index in [-0.39, 0.29) is 5.91 Å². The van der Waals surface area contributed by atoms with Crippen LogP contribution in [0.15, 0.2) is 65.1 Å². The number of benzene rings is 2. The quantitative estimate of drug-likeness (QED) is 0.586. The standard InChI is InChI=1S/C22H22BrN3O/c1-16-20(17(2)26(25-16)15-18-8-4-3-5-9-18)14-24-22(27)13-12-19-10-6-7-11-21(19)23/h3-13H,14-15H2,1-2H3,(H,24,27)/b13-12+. The van der Waals surface area contributed by atoms with Gasteiger partial charge in [-0.15, -0.1) is 0 Å². The minimum Gasteiger partial charge on any atom is -0.348 e. The number of aromatic nitrogens is 2. The maximum absolute atomic E-state index is 12.2. The van der Waals surface area contributed by atoms with Gasteiger partial charge in [-0.25, -0.2) is 0 Å². The molecule has 27 heavy (non-hydrogen) atoms. The van der Waals surface area contributed by atoms with Gasteiger partial charge in [0.2, 0.25) is 5.91 Å². The fraction of sp³-hybridized carbons (Fsp3) is 0.182. The number of nitrogens with one attached hydrogen (secondary N) is 1. The van der Waals surface area contributed by atoms with E-state index in [1.165, 1.54) is 5.56 Å². The van der Waals surface area contributed by atoms with Gasteiger partial charge in [0, 0.05) is 28.4 Å². The lowest BCUT2D eigenvalue weighted by atomic mass is 10.2. The summed E-state index contributed by atoms with van der Waals surface area (Å²) in [6.07, 6.45) is 3.36. The van der Waals surface area contributed by atoms with Crippen molar-refractivity contribution in [1.29, 1.82) is 0 Å². The van der Waals surface area contributed by atoms with Crippen LogP contribution in [0.25, 0.3) is 6.08 Å². The van der Waals surface area contributed by atoms with Crippen LogP contribution in [-0.4, -0.2) is 15.7 Å². The van der Waals surface area contributed by atoms with Crippen molar-refractivity contribution in [3.05, 3.63) is 93.2 Å². The van der Waals surface area contributed by atoms with Crippen LogP contribution in [0.2, 0.25) is 0 Å². The average molecular weight is 424 g/mol. The van der Waals surface area contributed by atoms with E-state index in [1.54, 1.807) is 12.2 Å². The molecule has 3 rings (SSSR count). The molecule has 5 heteroatoms. The molecule has 1 aromatic heterocycles. The summed E-state index contributed by atoms with van der Waals surface area (Å²) in [4.78, 5) is 12.2. The monoisotopic (exact) mass is 423 g/mol. The van der Waals surface area contributed by atoms with Gasteiger partial charge in [-0.3, -0.25) is 9.48 Å². The zero-order chi connectivity index (χ0) is 19.2. The topological polar surface area (TPSA) is 46.9 Å². The summed E-state index contributed by atoms with van der Waals surface area (Å²) in [6.45, 7) is 5.21. The summed E-state index contributed by atoms with van der Waals surface area (Å²) in [6, 6.07) is 18.0. The minimum atomic E-state index is -0.125. The molecule has 0 bridgehead atoms. The van der Waals surface area contributed by atoms with E-state index < -0.39 is 0 Å². The van der Waals surface area contributed by atoms with Crippen molar-refractivity contribution < 1.29 is 4.79 Å². The Kier molecular flexibility index (Phi) is 6.24. The summed E-state index contributed by atoms with van der Waals surface area (Å²) in [5.41, 5.74) is 5.25. The lowest BCUT2D eigenvalue weighted by molar-refractivity contribution is -0.116. The number of hydrogen-bond donors (Lipinski definition) is 1. The maximum Gasteiger partial charge on any atom is 0.244 e. The lowest BCUT2D eigenvalue weighted by Gasteiger charge is -2.06. The van der Waals surface area contributed by atoms with Crippen LogP contribution < -0.4 is 5.32 Å². The van der Waals surface area contributed by atoms with E-state index in [0.717, 1.165) is 33.5 Å². The number of hydrogen-bond acceptors (Lipinski definition) is 2. The lowest BCUT2D eigenvalue weighted by Crippen LogP contribution is -2.21. The van der Waals surface area contributed by atoms with E-state index >= 15 is 0 Å². The number of carbonyl (C=O) groups excluding carboxylic acids is 1. The number of aryl methyl sites for hydroxylation is 1. The molecule has 0 spiro atoms. The Balaban J connectivity index is 1.64. The smallest absolute Gasteiger partial charge is 0.244 e. The molecule has 0 radical (unpaired) electrons. The molecular weight excluding hydrogens is 402 g/mol. The molecule has 3 aromatic rings. The molecule has 0 atom stereocenters. The van der Waals surface area contributed by atoms with E-state index in [9.17, 15) is 4.79 Å². The largest absolute Gasteiger partial charge is 0.348 e. The molecule has 0 unspecified atom stereocenters. The highest BCUT2D eigenvalue weighted by atomic mass is 79.9. The van der Waals surface area contributed by atoms with E-state index in [1.807, 2.05) is 61.0 Å². The molecule has 0 aliphatic heterocycles. The molecule has 0 saturated carbocycles. The van der Waals surface area contributed by atoms with Gasteiger partial charge in [-0.1, -0.05) is 64.5 Å². The molecule has 2 aromatic carbocycles. The molecule has 138 valence electrons. The number of halogens is 1. The van der Waals surface area contributed by atoms with Gasteiger partial charge in [0.15, 0.2) is 0 Å². The predicted octanol–water partition coefficient (Wildman–Crippen LogP) is 4.64. The third-order valence-corrected chi connectivity index (χ3v) is 5.19. The normalized spacial score (nSPS) is 11.1. The second-order valence-corrected chi connectivity index (χ2v) is 7.22. The first-order chi connectivity index (χ1) is 13.0. The highest BCUT2D eigenvalue weighted by Gasteiger charge is 2.12. The van der Waals surface area contributed by atoms with Crippen molar-refractivity contribution in [2.45, 2.75) is 26.9 Å². The van der Waals surface area contributed by atoms with Crippen LogP contribution in [0.1, 0.15) is 28.1 Å². The number of nitrogens with zero attached hydrogens (tertiary/aromatic N) is 2. The molecule has 0 saturated heterocycles. The second-order valence-electron chi connectivity index (χ2n) is 6.37. The zero-order valence-electron chi connectivity index (χ0n) is 15.4. The predicted molar refractivity (Wildman–Crippen MR) is 112 cm³/mol. The Bertz CT molecular complexity index is 961. The molecule has 1 heterocycles. The molecule has 1 N–H and O–H groups in total. The van der Waals surface area contributed by atoms with Gasteiger partial charge in [-0.05, 0) is 37.1 Å². The molecular formula is C22H22BrN3O. The Morgan fingerprint density at radius 3 is 2.56 bits per heavy atom. The second kappa shape index (κ2) is 8.82. The first-order valence-corrected chi connectivity index (χ1v) is 9.61. The van der Waals surface area contributed by atoms with Crippen LogP contribution in [0.5, 0.6) is 0 Å². The van der Waals surface area contributed by atoms with Gasteiger partial charge in [0.25, 0.3) is 0 Å². The summed E-state index contributed by atoms with van der Waals surface area (Å²) >= 11 is 3.48. The molecule has 4 nitrogen and oxygen atoms in total. The van der Waals surface area contributed by atoms with Gasteiger partial charge < -0.3 is 5.32 Å². The molecule has 0 aliphatic rings. The summed E-state index contributed by atoms with van der Waals surface area (Å²) in [7, 11) is 0. The summed E-state index contributed by atoms with van der Waals surface area (Å²) in [5, 5.41) is 7.58. The fourth-order valence-electron chi connectivity index (χ4n) is 2.91. The van der Waals surface area contributed by atoms with Crippen molar-refractivity contribution >= 4 is 27.9 Å². The van der Waals surface area contributed by atoms with Crippen LogP contribution in [-0.2, 0) is 17.9 Å². The minimum absolute atomic E-state index is 0.125. The third-order valence-electron chi connectivity index (χ3n) is 4.47. The highest BCUT2D eigenvalue weighted by Crippen LogP contribution is 2.17. The van der Waals surface area contributed by atoms with E-state index in [4.69, 9.17) is 0 Å². The number of rotatable bonds is 6. The Morgan fingerprint density at radius 1 is 1.11 bits per heavy atom. The Labute approximate surface area is 168 Å². The van der Waals surface area contributed by atoms with Crippen LogP contribution in [0.3, 0.4) is 0 Å². The van der Waals surface area contributed by atoms with Crippen molar-refractivity contribution in [1.82, 2.24) is 15.1 Å². The first-order valence-electron chi connectivity index (χ1n) is 8.82. The van der Waals surface area contributed by atoms with Crippen molar-refractivity contribution in [3.63, 3.8) is 0 Å². The van der Waals surface area contributed by atoms with E-state index in [2.05, 4.69) is 38.5 Å². The molecule has 1 amide bonds. The average Bonchev–Trinajstić information content (AvgIpc) is 2.93. The first kappa shape index (κ1) is 19.1. The maximum atomic E-state index is 12.2. The van der Waals surface area contributed by atoms with Crippen molar-refractivity contribution in [2.24, 2.45) is 0 Å². The third kappa shape index (κ3) is 4.95. The van der Waals surface area contributed by atoms with Crippen molar-refractivity contribution in [2.75, 3.05) is 0 Å². The summed E-state index contributed by atoms with van der Waals surface area (Å²) in [5.74, 6) is -0.125. The van der Waals surface area contributed by atoms with E-state index in [0.29, 0.717) is 6.54 Å². The van der Waals surface area contributed by atoms with Gasteiger partial charge >= 0.3 is 0 Å². The fourth-order valence-corrected chi connectivity index (χ4v) is 3.33. The zero-order valence-corrected chi connectivity index (χ0v) is 17.0. The van der Waals surface area contributed by atoms with Gasteiger partial charge in [0.1, 0.15) is 0 Å². The van der Waals surface area contributed by atoms with Gasteiger partial charge in [0.05, 0.1) is 12.2 Å². The SMILES string of the molecule is Cc1nn(Cc2ccccc2)c(C)c1CNC(=O)/C=C/c1ccccc1Br. The highest BCUT2D eigenvalue weighted by molar-refractivity contribution is 9.10. The molecule has 0 aliphatic carbocycles. The van der Waals surface area contributed by atoms with Crippen LogP contribution in [0.4, 0.5) is 0 Å². The van der Waals surface area contributed by atoms with Crippen molar-refractivity contribution in [3.8, 4) is 0 Å². The van der Waals surface area contributed by atoms with Gasteiger partial charge in [-0.2, -0.15) is 5.10 Å². The van der Waals surface area contributed by atoms with Crippen LogP contribution >= 0.6 is 15.9 Å². The Hall–Kier alpha value is -2.66. The Morgan fingerprint density at radius 2 is 1.81 bits per heavy atom.